The van der Waals surface area contributed by atoms with Gasteiger partial charge >= 0.3 is 0 Å². The molecule has 2 aliphatic rings. The second-order valence-corrected chi connectivity index (χ2v) is 5.74. The van der Waals surface area contributed by atoms with Crippen LogP contribution >= 0.6 is 24.0 Å². The molecule has 0 spiro atoms. The topological polar surface area (TPSA) is 32.3 Å². The van der Waals surface area contributed by atoms with Crippen LogP contribution in [0.1, 0.15) is 29.6 Å². The van der Waals surface area contributed by atoms with E-state index in [1.165, 1.54) is 18.6 Å². The van der Waals surface area contributed by atoms with Crippen molar-refractivity contribution in [3.8, 4) is 0 Å². The van der Waals surface area contributed by atoms with Crippen LogP contribution in [0, 0.1) is 5.82 Å². The minimum absolute atomic E-state index is 0. The molecule has 1 amide bonds. The van der Waals surface area contributed by atoms with Crippen LogP contribution in [0.25, 0.3) is 0 Å². The average Bonchev–Trinajstić information content (AvgIpc) is 2.68. The van der Waals surface area contributed by atoms with E-state index in [4.69, 9.17) is 11.6 Å². The highest BCUT2D eigenvalue weighted by atomic mass is 35.5. The van der Waals surface area contributed by atoms with Crippen LogP contribution in [0.4, 0.5) is 4.39 Å². The summed E-state index contributed by atoms with van der Waals surface area (Å²) in [4.78, 5) is 14.1. The van der Waals surface area contributed by atoms with Crippen LogP contribution < -0.4 is 5.32 Å². The first-order valence-electron chi connectivity index (χ1n) is 6.64. The Bertz CT molecular complexity index is 512. The monoisotopic (exact) mass is 318 g/mol. The lowest BCUT2D eigenvalue weighted by Gasteiger charge is -2.24. The molecule has 110 valence electrons. The maximum atomic E-state index is 13.8. The number of nitrogens with zero attached hydrogens (tertiary/aromatic N) is 1. The predicted molar refractivity (Wildman–Crippen MR) is 79.1 cm³/mol. The van der Waals surface area contributed by atoms with Crippen LogP contribution in [0.3, 0.4) is 0 Å². The van der Waals surface area contributed by atoms with E-state index in [-0.39, 0.29) is 23.9 Å². The summed E-state index contributed by atoms with van der Waals surface area (Å²) in [6, 6.07) is 5.08. The fourth-order valence-electron chi connectivity index (χ4n) is 2.96. The van der Waals surface area contributed by atoms with Gasteiger partial charge in [-0.3, -0.25) is 4.79 Å². The molecule has 2 bridgehead atoms. The Morgan fingerprint density at radius 2 is 2.05 bits per heavy atom. The number of nitrogens with one attached hydrogen (secondary N) is 1. The summed E-state index contributed by atoms with van der Waals surface area (Å²) in [5, 5.41) is 3.81. The predicted octanol–water partition coefficient (Wildman–Crippen LogP) is 2.87. The van der Waals surface area contributed by atoms with Gasteiger partial charge in [0.05, 0.1) is 5.56 Å². The van der Waals surface area contributed by atoms with Crippen LogP contribution in [-0.2, 0) is 0 Å². The smallest absolute Gasteiger partial charge is 0.256 e. The van der Waals surface area contributed by atoms with E-state index in [2.05, 4.69) is 5.32 Å². The molecule has 2 atom stereocenters. The first-order valence-corrected chi connectivity index (χ1v) is 7.01. The molecule has 0 aliphatic carbocycles. The highest BCUT2D eigenvalue weighted by Crippen LogP contribution is 2.23. The van der Waals surface area contributed by atoms with E-state index in [9.17, 15) is 9.18 Å². The SMILES string of the molecule is Cl.O=C(c1ccc(Cl)cc1F)N1CCC2CCC(C1)N2. The fourth-order valence-corrected chi connectivity index (χ4v) is 3.12. The van der Waals surface area contributed by atoms with Gasteiger partial charge in [-0.15, -0.1) is 12.4 Å². The van der Waals surface area contributed by atoms with Crippen molar-refractivity contribution in [1.29, 1.82) is 0 Å². The maximum Gasteiger partial charge on any atom is 0.256 e. The molecule has 0 radical (unpaired) electrons. The highest BCUT2D eigenvalue weighted by Gasteiger charge is 2.32. The number of benzene rings is 1. The van der Waals surface area contributed by atoms with Gasteiger partial charge in [-0.25, -0.2) is 4.39 Å². The van der Waals surface area contributed by atoms with Gasteiger partial charge in [0.15, 0.2) is 0 Å². The Balaban J connectivity index is 0.00000147. The number of carbonyl (C=O) groups is 1. The summed E-state index contributed by atoms with van der Waals surface area (Å²) < 4.78 is 13.8. The number of fused-ring (bicyclic) bond motifs is 2. The Kier molecular flexibility index (Phi) is 4.89. The van der Waals surface area contributed by atoms with Gasteiger partial charge < -0.3 is 10.2 Å². The zero-order valence-corrected chi connectivity index (χ0v) is 12.5. The van der Waals surface area contributed by atoms with Crippen molar-refractivity contribution >= 4 is 29.9 Å². The second kappa shape index (κ2) is 6.29. The minimum Gasteiger partial charge on any atom is -0.337 e. The van der Waals surface area contributed by atoms with Crippen molar-refractivity contribution in [1.82, 2.24) is 10.2 Å². The summed E-state index contributed by atoms with van der Waals surface area (Å²) in [7, 11) is 0. The molecule has 0 saturated carbocycles. The van der Waals surface area contributed by atoms with Gasteiger partial charge in [0.1, 0.15) is 5.82 Å². The quantitative estimate of drug-likeness (QED) is 0.863. The molecule has 2 unspecified atom stereocenters. The largest absolute Gasteiger partial charge is 0.337 e. The highest BCUT2D eigenvalue weighted by molar-refractivity contribution is 6.30. The van der Waals surface area contributed by atoms with Crippen molar-refractivity contribution in [2.45, 2.75) is 31.3 Å². The lowest BCUT2D eigenvalue weighted by atomic mass is 10.1. The third-order valence-electron chi connectivity index (χ3n) is 3.97. The number of halogens is 3. The number of carbonyl (C=O) groups excluding carboxylic acids is 1. The molecule has 1 aromatic carbocycles. The van der Waals surface area contributed by atoms with E-state index < -0.39 is 5.82 Å². The molecule has 20 heavy (non-hydrogen) atoms. The molecule has 2 saturated heterocycles. The lowest BCUT2D eigenvalue weighted by molar-refractivity contribution is 0.0743. The minimum atomic E-state index is -0.542. The number of hydrogen-bond acceptors (Lipinski definition) is 2. The molecule has 2 heterocycles. The molecule has 1 aromatic rings. The van der Waals surface area contributed by atoms with Crippen molar-refractivity contribution in [2.24, 2.45) is 0 Å². The average molecular weight is 319 g/mol. The van der Waals surface area contributed by atoms with E-state index in [0.29, 0.717) is 30.2 Å². The van der Waals surface area contributed by atoms with Crippen molar-refractivity contribution in [2.75, 3.05) is 13.1 Å². The third-order valence-corrected chi connectivity index (χ3v) is 4.21. The van der Waals surface area contributed by atoms with Crippen molar-refractivity contribution in [3.05, 3.63) is 34.6 Å². The summed E-state index contributed by atoms with van der Waals surface area (Å²) in [5.74, 6) is -0.775. The lowest BCUT2D eigenvalue weighted by Crippen LogP contribution is -2.39. The molecule has 6 heteroatoms. The Morgan fingerprint density at radius 3 is 2.80 bits per heavy atom. The summed E-state index contributed by atoms with van der Waals surface area (Å²) >= 11 is 5.71. The molecule has 2 aliphatic heterocycles. The van der Waals surface area contributed by atoms with E-state index in [1.54, 1.807) is 11.0 Å². The van der Waals surface area contributed by atoms with Gasteiger partial charge in [-0.2, -0.15) is 0 Å². The van der Waals surface area contributed by atoms with Gasteiger partial charge in [-0.05, 0) is 37.5 Å². The second-order valence-electron chi connectivity index (χ2n) is 5.30. The van der Waals surface area contributed by atoms with Crippen molar-refractivity contribution in [3.63, 3.8) is 0 Å². The number of hydrogen-bond donors (Lipinski definition) is 1. The first kappa shape index (κ1) is 15.5. The molecule has 3 rings (SSSR count). The molecule has 0 aromatic heterocycles. The van der Waals surface area contributed by atoms with Crippen LogP contribution in [0.5, 0.6) is 0 Å². The van der Waals surface area contributed by atoms with E-state index in [0.717, 1.165) is 12.8 Å². The molecule has 3 nitrogen and oxygen atoms in total. The van der Waals surface area contributed by atoms with Gasteiger partial charge in [0, 0.05) is 30.2 Å². The zero-order valence-electron chi connectivity index (χ0n) is 10.9. The Hall–Kier alpha value is -0.840. The standard InChI is InChI=1S/C14H16ClFN2O.ClH/c15-9-1-4-12(13(16)7-9)14(19)18-6-5-10-2-3-11(8-18)17-10;/h1,4,7,10-11,17H,2-3,5-6,8H2;1H. The van der Waals surface area contributed by atoms with Gasteiger partial charge in [-0.1, -0.05) is 11.6 Å². The number of amides is 1. The van der Waals surface area contributed by atoms with E-state index in [1.807, 2.05) is 0 Å². The van der Waals surface area contributed by atoms with Crippen LogP contribution in [-0.4, -0.2) is 36.0 Å². The normalized spacial score (nSPS) is 25.0. The zero-order chi connectivity index (χ0) is 13.4. The summed E-state index contributed by atoms with van der Waals surface area (Å²) in [5.41, 5.74) is 0.113. The molecular formula is C14H17Cl2FN2O. The van der Waals surface area contributed by atoms with Crippen LogP contribution in [0.15, 0.2) is 18.2 Å². The molecule has 1 N–H and O–H groups in total. The molecular weight excluding hydrogens is 302 g/mol. The molecule has 2 fully saturated rings. The van der Waals surface area contributed by atoms with Gasteiger partial charge in [0.25, 0.3) is 5.91 Å². The maximum absolute atomic E-state index is 13.8. The summed E-state index contributed by atoms with van der Waals surface area (Å²) in [6.07, 6.45) is 3.22. The first-order chi connectivity index (χ1) is 9.13. The van der Waals surface area contributed by atoms with E-state index >= 15 is 0 Å². The number of likely N-dealkylation sites (tertiary alicyclic amines) is 1. The van der Waals surface area contributed by atoms with Crippen molar-refractivity contribution < 1.29 is 9.18 Å². The summed E-state index contributed by atoms with van der Waals surface area (Å²) in [6.45, 7) is 1.35. The Labute approximate surface area is 128 Å². The van der Waals surface area contributed by atoms with Crippen LogP contribution in [0.2, 0.25) is 5.02 Å². The fraction of sp³-hybridized carbons (Fsp3) is 0.500. The van der Waals surface area contributed by atoms with Gasteiger partial charge in [0.2, 0.25) is 0 Å². The Morgan fingerprint density at radius 1 is 1.30 bits per heavy atom. The third kappa shape index (κ3) is 3.08. The number of rotatable bonds is 1.